The highest BCUT2D eigenvalue weighted by molar-refractivity contribution is 7.15. The second-order valence-corrected chi connectivity index (χ2v) is 9.76. The molecule has 2 amide bonds. The van der Waals surface area contributed by atoms with E-state index >= 15 is 0 Å². The minimum absolute atomic E-state index is 0.167. The summed E-state index contributed by atoms with van der Waals surface area (Å²) in [6.45, 7) is 8.99. The predicted octanol–water partition coefficient (Wildman–Crippen LogP) is 2.52. The third-order valence-electron chi connectivity index (χ3n) is 5.38. The number of nitrogens with two attached hydrogens (primary N) is 2. The molecule has 2 aliphatic rings. The molecule has 0 aromatic carbocycles. The lowest BCUT2D eigenvalue weighted by Gasteiger charge is -2.41. The number of hydrogen-bond donors (Lipinski definition) is 2. The van der Waals surface area contributed by atoms with Crippen molar-refractivity contribution in [2.45, 2.75) is 51.7 Å². The zero-order chi connectivity index (χ0) is 21.8. The van der Waals surface area contributed by atoms with Crippen molar-refractivity contribution in [3.8, 4) is 5.00 Å². The number of nitrogens with zero attached hydrogens (tertiary/aromatic N) is 2. The Kier molecular flexibility index (Phi) is 4.87. The summed E-state index contributed by atoms with van der Waals surface area (Å²) in [6.07, 6.45) is 4.88. The van der Waals surface area contributed by atoms with E-state index in [1.165, 1.54) is 11.3 Å². The monoisotopic (exact) mass is 430 g/mol. The molecule has 4 rings (SSSR count). The first-order valence-corrected chi connectivity index (χ1v) is 10.6. The quantitative estimate of drug-likeness (QED) is 0.772. The van der Waals surface area contributed by atoms with Crippen molar-refractivity contribution in [3.05, 3.63) is 39.5 Å². The van der Waals surface area contributed by atoms with E-state index in [1.54, 1.807) is 10.9 Å². The summed E-state index contributed by atoms with van der Waals surface area (Å²) >= 11 is 1.41. The van der Waals surface area contributed by atoms with Crippen molar-refractivity contribution in [2.24, 2.45) is 11.5 Å². The Labute approximate surface area is 178 Å². The maximum Gasteiger partial charge on any atom is 0.269 e. The van der Waals surface area contributed by atoms with Gasteiger partial charge >= 0.3 is 0 Å². The second kappa shape index (κ2) is 7.04. The van der Waals surface area contributed by atoms with Gasteiger partial charge in [0.15, 0.2) is 5.69 Å². The van der Waals surface area contributed by atoms with Crippen LogP contribution in [0.15, 0.2) is 12.3 Å². The molecular formula is C21H26N4O4S. The SMILES string of the molecule is CC1(C)Cc2c(sc(-n3cc(C4=CCOCC4)c(C(N)=O)n3)c2C(N)=O)C(C)(C)O1. The van der Waals surface area contributed by atoms with E-state index in [-0.39, 0.29) is 5.69 Å². The van der Waals surface area contributed by atoms with Crippen LogP contribution in [0.2, 0.25) is 0 Å². The summed E-state index contributed by atoms with van der Waals surface area (Å²) in [4.78, 5) is 25.5. The Morgan fingerprint density at radius 2 is 1.93 bits per heavy atom. The van der Waals surface area contributed by atoms with Gasteiger partial charge in [0.25, 0.3) is 11.8 Å². The maximum absolute atomic E-state index is 12.5. The highest BCUT2D eigenvalue weighted by Gasteiger charge is 2.43. The highest BCUT2D eigenvalue weighted by Crippen LogP contribution is 2.47. The lowest BCUT2D eigenvalue weighted by Crippen LogP contribution is -2.42. The predicted molar refractivity (Wildman–Crippen MR) is 114 cm³/mol. The first-order valence-electron chi connectivity index (χ1n) is 9.83. The van der Waals surface area contributed by atoms with Crippen LogP contribution in [-0.4, -0.2) is 40.4 Å². The Hall–Kier alpha value is -2.49. The van der Waals surface area contributed by atoms with E-state index < -0.39 is 23.0 Å². The van der Waals surface area contributed by atoms with Crippen molar-refractivity contribution < 1.29 is 19.1 Å². The van der Waals surface area contributed by atoms with E-state index in [0.29, 0.717) is 42.2 Å². The summed E-state index contributed by atoms with van der Waals surface area (Å²) in [5.74, 6) is -1.15. The average Bonchev–Trinajstić information content (AvgIpc) is 3.23. The van der Waals surface area contributed by atoms with Gasteiger partial charge in [-0.2, -0.15) is 5.10 Å². The second-order valence-electron chi connectivity index (χ2n) is 8.76. The van der Waals surface area contributed by atoms with Gasteiger partial charge in [0.05, 0.1) is 30.0 Å². The molecule has 0 aliphatic carbocycles. The van der Waals surface area contributed by atoms with E-state index in [2.05, 4.69) is 5.10 Å². The van der Waals surface area contributed by atoms with Crippen LogP contribution in [0.3, 0.4) is 0 Å². The van der Waals surface area contributed by atoms with Crippen LogP contribution in [0.4, 0.5) is 0 Å². The summed E-state index contributed by atoms with van der Waals surface area (Å²) in [6, 6.07) is 0. The molecule has 9 heteroatoms. The molecule has 0 fully saturated rings. The van der Waals surface area contributed by atoms with Crippen molar-refractivity contribution >= 4 is 28.7 Å². The lowest BCUT2D eigenvalue weighted by atomic mass is 9.86. The van der Waals surface area contributed by atoms with Gasteiger partial charge in [-0.15, -0.1) is 11.3 Å². The normalized spacial score (nSPS) is 19.8. The molecule has 2 aromatic heterocycles. The number of amides is 2. The van der Waals surface area contributed by atoms with Crippen molar-refractivity contribution in [3.63, 3.8) is 0 Å². The minimum Gasteiger partial charge on any atom is -0.377 e. The molecule has 4 heterocycles. The molecule has 0 spiro atoms. The first kappa shape index (κ1) is 20.8. The Morgan fingerprint density at radius 1 is 1.20 bits per heavy atom. The number of rotatable bonds is 4. The Morgan fingerprint density at radius 3 is 2.53 bits per heavy atom. The largest absolute Gasteiger partial charge is 0.377 e. The number of primary amides is 2. The summed E-state index contributed by atoms with van der Waals surface area (Å²) < 4.78 is 13.2. The minimum atomic E-state index is -0.622. The molecule has 4 N–H and O–H groups in total. The molecule has 30 heavy (non-hydrogen) atoms. The van der Waals surface area contributed by atoms with Gasteiger partial charge in [-0.25, -0.2) is 4.68 Å². The highest BCUT2D eigenvalue weighted by atomic mass is 32.1. The number of carbonyl (C=O) groups is 2. The number of carbonyl (C=O) groups excluding carboxylic acids is 2. The number of fused-ring (bicyclic) bond motifs is 1. The van der Waals surface area contributed by atoms with E-state index in [9.17, 15) is 9.59 Å². The van der Waals surface area contributed by atoms with Gasteiger partial charge in [0.1, 0.15) is 5.00 Å². The molecule has 2 aromatic rings. The summed E-state index contributed by atoms with van der Waals surface area (Å²) in [5, 5.41) is 5.02. The summed E-state index contributed by atoms with van der Waals surface area (Å²) in [7, 11) is 0. The topological polar surface area (TPSA) is 122 Å². The van der Waals surface area contributed by atoms with Gasteiger partial charge in [0, 0.05) is 23.1 Å². The number of hydrogen-bond acceptors (Lipinski definition) is 6. The molecular weight excluding hydrogens is 404 g/mol. The van der Waals surface area contributed by atoms with Gasteiger partial charge in [-0.05, 0) is 45.3 Å². The number of thiophene rings is 1. The van der Waals surface area contributed by atoms with E-state index in [1.807, 2.05) is 33.8 Å². The molecule has 0 atom stereocenters. The van der Waals surface area contributed by atoms with Crippen LogP contribution in [0, 0.1) is 0 Å². The molecule has 0 saturated carbocycles. The van der Waals surface area contributed by atoms with Crippen LogP contribution < -0.4 is 11.5 Å². The Bertz CT molecular complexity index is 1080. The summed E-state index contributed by atoms with van der Waals surface area (Å²) in [5.41, 5.74) is 13.5. The lowest BCUT2D eigenvalue weighted by molar-refractivity contribution is -0.135. The van der Waals surface area contributed by atoms with Crippen LogP contribution in [0.25, 0.3) is 10.6 Å². The van der Waals surface area contributed by atoms with Gasteiger partial charge in [0.2, 0.25) is 0 Å². The van der Waals surface area contributed by atoms with Gasteiger partial charge in [-0.1, -0.05) is 6.08 Å². The standard InChI is InChI=1S/C21H26N4O4S/c1-20(2)9-12-14(17(22)26)19(30-16(12)21(3,4)29-20)25-10-13(15(24-25)18(23)27)11-5-7-28-8-6-11/h5,10H,6-9H2,1-4H3,(H2,22,26)(H2,23,27). The Balaban J connectivity index is 1.92. The van der Waals surface area contributed by atoms with Crippen LogP contribution >= 0.6 is 11.3 Å². The molecule has 2 aliphatic heterocycles. The molecule has 0 bridgehead atoms. The third-order valence-corrected chi connectivity index (χ3v) is 6.91. The zero-order valence-electron chi connectivity index (χ0n) is 17.6. The van der Waals surface area contributed by atoms with E-state index in [4.69, 9.17) is 20.9 Å². The third kappa shape index (κ3) is 3.46. The molecule has 8 nitrogen and oxygen atoms in total. The fourth-order valence-electron chi connectivity index (χ4n) is 4.39. The van der Waals surface area contributed by atoms with Crippen molar-refractivity contribution in [2.75, 3.05) is 13.2 Å². The van der Waals surface area contributed by atoms with Crippen LogP contribution in [0.5, 0.6) is 0 Å². The number of ether oxygens (including phenoxy) is 2. The first-order chi connectivity index (χ1) is 14.0. The maximum atomic E-state index is 12.5. The fraction of sp³-hybridized carbons (Fsp3) is 0.476. The average molecular weight is 431 g/mol. The molecule has 160 valence electrons. The van der Waals surface area contributed by atoms with Crippen LogP contribution in [-0.2, 0) is 21.5 Å². The zero-order valence-corrected chi connectivity index (χ0v) is 18.4. The fourth-order valence-corrected chi connectivity index (χ4v) is 5.68. The smallest absolute Gasteiger partial charge is 0.269 e. The van der Waals surface area contributed by atoms with E-state index in [0.717, 1.165) is 16.0 Å². The van der Waals surface area contributed by atoms with Crippen molar-refractivity contribution in [1.82, 2.24) is 9.78 Å². The van der Waals surface area contributed by atoms with Crippen LogP contribution in [0.1, 0.15) is 71.0 Å². The number of aromatic nitrogens is 2. The molecule has 0 unspecified atom stereocenters. The molecule has 0 radical (unpaired) electrons. The van der Waals surface area contributed by atoms with Gasteiger partial charge < -0.3 is 20.9 Å². The van der Waals surface area contributed by atoms with Gasteiger partial charge in [-0.3, -0.25) is 9.59 Å². The van der Waals surface area contributed by atoms with Crippen molar-refractivity contribution in [1.29, 1.82) is 0 Å². The molecule has 0 saturated heterocycles.